The van der Waals surface area contributed by atoms with Crippen molar-refractivity contribution < 1.29 is 5.11 Å². The van der Waals surface area contributed by atoms with Crippen LogP contribution >= 0.6 is 11.8 Å². The minimum Gasteiger partial charge on any atom is -0.393 e. The first-order valence-electron chi connectivity index (χ1n) is 5.09. The maximum absolute atomic E-state index is 9.63. The van der Waals surface area contributed by atoms with Gasteiger partial charge in [-0.2, -0.15) is 11.8 Å². The predicted molar refractivity (Wildman–Crippen MR) is 59.2 cm³/mol. The molecule has 0 bridgehead atoms. The van der Waals surface area contributed by atoms with Crippen molar-refractivity contribution in [2.24, 2.45) is 5.92 Å². The second-order valence-electron chi connectivity index (χ2n) is 4.01. The highest BCUT2D eigenvalue weighted by molar-refractivity contribution is 7.98. The van der Waals surface area contributed by atoms with Crippen LogP contribution in [0.1, 0.15) is 19.3 Å². The highest BCUT2D eigenvalue weighted by atomic mass is 32.2. The summed E-state index contributed by atoms with van der Waals surface area (Å²) in [5.41, 5.74) is 0. The van der Waals surface area contributed by atoms with Gasteiger partial charge in [-0.1, -0.05) is 6.42 Å². The number of nitrogens with zero attached hydrogens (tertiary/aromatic N) is 1. The van der Waals surface area contributed by atoms with Crippen LogP contribution in [0.4, 0.5) is 0 Å². The minimum absolute atomic E-state index is 0.0308. The first-order valence-corrected chi connectivity index (χ1v) is 6.49. The van der Waals surface area contributed by atoms with E-state index in [1.54, 1.807) is 0 Å². The number of aliphatic hydroxyl groups is 1. The van der Waals surface area contributed by atoms with Gasteiger partial charge in [0.05, 0.1) is 6.10 Å². The van der Waals surface area contributed by atoms with Gasteiger partial charge in [-0.3, -0.25) is 0 Å². The summed E-state index contributed by atoms with van der Waals surface area (Å²) in [5, 5.41) is 9.63. The Labute approximate surface area is 85.7 Å². The normalized spacial score (nSPS) is 28.6. The van der Waals surface area contributed by atoms with E-state index in [-0.39, 0.29) is 6.10 Å². The molecule has 2 unspecified atom stereocenters. The summed E-state index contributed by atoms with van der Waals surface area (Å²) in [5.74, 6) is 1.73. The van der Waals surface area contributed by atoms with Gasteiger partial charge in [0, 0.05) is 18.8 Å². The molecule has 0 spiro atoms. The van der Waals surface area contributed by atoms with Gasteiger partial charge in [-0.05, 0) is 32.1 Å². The van der Waals surface area contributed by atoms with Crippen molar-refractivity contribution in [3.63, 3.8) is 0 Å². The molecule has 0 aromatic carbocycles. The van der Waals surface area contributed by atoms with Crippen LogP contribution in [0.3, 0.4) is 0 Å². The molecule has 3 heteroatoms. The third kappa shape index (κ3) is 3.88. The smallest absolute Gasteiger partial charge is 0.0580 e. The quantitative estimate of drug-likeness (QED) is 0.731. The Bertz CT molecular complexity index is 143. The Hall–Kier alpha value is 0.270. The molecule has 1 aliphatic carbocycles. The fourth-order valence-corrected chi connectivity index (χ4v) is 2.46. The third-order valence-corrected chi connectivity index (χ3v) is 3.43. The minimum atomic E-state index is -0.0308. The Morgan fingerprint density at radius 2 is 2.23 bits per heavy atom. The summed E-state index contributed by atoms with van der Waals surface area (Å²) in [6.07, 6.45) is 5.54. The zero-order chi connectivity index (χ0) is 9.68. The number of hydrogen-bond donors (Lipinski definition) is 1. The molecule has 1 aliphatic rings. The van der Waals surface area contributed by atoms with Crippen LogP contribution in [0.2, 0.25) is 0 Å². The van der Waals surface area contributed by atoms with Crippen LogP contribution in [0.15, 0.2) is 0 Å². The molecule has 0 aromatic heterocycles. The van der Waals surface area contributed by atoms with Gasteiger partial charge in [-0.25, -0.2) is 0 Å². The van der Waals surface area contributed by atoms with Gasteiger partial charge < -0.3 is 10.0 Å². The Balaban J connectivity index is 2.15. The molecule has 0 aliphatic heterocycles. The highest BCUT2D eigenvalue weighted by Gasteiger charge is 2.25. The first-order chi connectivity index (χ1) is 6.24. The average Bonchev–Trinajstić information content (AvgIpc) is 2.48. The Morgan fingerprint density at radius 1 is 1.46 bits per heavy atom. The summed E-state index contributed by atoms with van der Waals surface area (Å²) < 4.78 is 0. The van der Waals surface area contributed by atoms with E-state index in [2.05, 4.69) is 18.2 Å². The summed E-state index contributed by atoms with van der Waals surface area (Å²) >= 11 is 1.88. The summed E-state index contributed by atoms with van der Waals surface area (Å²) in [7, 11) is 2.15. The lowest BCUT2D eigenvalue weighted by atomic mass is 10.1. The number of aliphatic hydroxyl groups excluding tert-OH is 1. The van der Waals surface area contributed by atoms with Crippen LogP contribution < -0.4 is 0 Å². The average molecular weight is 203 g/mol. The van der Waals surface area contributed by atoms with Gasteiger partial charge in [0.15, 0.2) is 0 Å². The molecular weight excluding hydrogens is 182 g/mol. The van der Waals surface area contributed by atoms with Crippen LogP contribution in [-0.2, 0) is 0 Å². The van der Waals surface area contributed by atoms with Gasteiger partial charge in [0.2, 0.25) is 0 Å². The number of thioether (sulfide) groups is 1. The molecule has 0 radical (unpaired) electrons. The van der Waals surface area contributed by atoms with Crippen molar-refractivity contribution in [3.8, 4) is 0 Å². The van der Waals surface area contributed by atoms with E-state index in [4.69, 9.17) is 0 Å². The van der Waals surface area contributed by atoms with Crippen molar-refractivity contribution in [1.29, 1.82) is 0 Å². The number of hydrogen-bond acceptors (Lipinski definition) is 3. The van der Waals surface area contributed by atoms with Crippen molar-refractivity contribution in [1.82, 2.24) is 4.90 Å². The predicted octanol–water partition coefficient (Wildman–Crippen LogP) is 1.44. The molecule has 2 nitrogen and oxygen atoms in total. The third-order valence-electron chi connectivity index (χ3n) is 2.84. The molecule has 1 saturated carbocycles. The van der Waals surface area contributed by atoms with E-state index < -0.39 is 0 Å². The summed E-state index contributed by atoms with van der Waals surface area (Å²) in [6, 6.07) is 0. The Morgan fingerprint density at radius 3 is 2.77 bits per heavy atom. The van der Waals surface area contributed by atoms with Crippen LogP contribution in [-0.4, -0.2) is 48.3 Å². The molecular formula is C10H21NOS. The highest BCUT2D eigenvalue weighted by Crippen LogP contribution is 2.25. The summed E-state index contributed by atoms with van der Waals surface area (Å²) in [4.78, 5) is 2.34. The second kappa shape index (κ2) is 5.89. The summed E-state index contributed by atoms with van der Waals surface area (Å²) in [6.45, 7) is 2.21. The fraction of sp³-hybridized carbons (Fsp3) is 1.00. The van der Waals surface area contributed by atoms with Crippen LogP contribution in [0.5, 0.6) is 0 Å². The molecule has 0 saturated heterocycles. The van der Waals surface area contributed by atoms with E-state index >= 15 is 0 Å². The molecule has 2 atom stereocenters. The van der Waals surface area contributed by atoms with E-state index in [0.29, 0.717) is 5.92 Å². The lowest BCUT2D eigenvalue weighted by Crippen LogP contribution is -2.31. The molecule has 0 heterocycles. The molecule has 1 rings (SSSR count). The molecule has 78 valence electrons. The molecule has 1 fully saturated rings. The van der Waals surface area contributed by atoms with E-state index in [9.17, 15) is 5.11 Å². The molecule has 0 aromatic rings. The fourth-order valence-electron chi connectivity index (χ4n) is 1.97. The zero-order valence-corrected chi connectivity index (χ0v) is 9.52. The van der Waals surface area contributed by atoms with Gasteiger partial charge in [-0.15, -0.1) is 0 Å². The Kier molecular flexibility index (Phi) is 5.14. The van der Waals surface area contributed by atoms with E-state index in [1.807, 2.05) is 11.8 Å². The maximum Gasteiger partial charge on any atom is 0.0580 e. The largest absolute Gasteiger partial charge is 0.393 e. The van der Waals surface area contributed by atoms with Crippen LogP contribution in [0, 0.1) is 5.92 Å². The topological polar surface area (TPSA) is 23.5 Å². The van der Waals surface area contributed by atoms with Crippen molar-refractivity contribution in [3.05, 3.63) is 0 Å². The molecule has 1 N–H and O–H groups in total. The van der Waals surface area contributed by atoms with E-state index in [1.165, 1.54) is 18.6 Å². The van der Waals surface area contributed by atoms with Gasteiger partial charge >= 0.3 is 0 Å². The standard InChI is InChI=1S/C10H21NOS/c1-11(6-7-13-2)8-9-4-3-5-10(9)12/h9-10,12H,3-8H2,1-2H3. The monoisotopic (exact) mass is 203 g/mol. The molecule has 13 heavy (non-hydrogen) atoms. The first kappa shape index (κ1) is 11.3. The van der Waals surface area contributed by atoms with Crippen molar-refractivity contribution in [2.75, 3.05) is 32.1 Å². The maximum atomic E-state index is 9.63. The van der Waals surface area contributed by atoms with Crippen molar-refractivity contribution in [2.45, 2.75) is 25.4 Å². The lowest BCUT2D eigenvalue weighted by molar-refractivity contribution is 0.111. The van der Waals surface area contributed by atoms with E-state index in [0.717, 1.165) is 19.5 Å². The number of rotatable bonds is 5. The second-order valence-corrected chi connectivity index (χ2v) is 5.00. The SMILES string of the molecule is CSCCN(C)CC1CCCC1O. The zero-order valence-electron chi connectivity index (χ0n) is 8.70. The van der Waals surface area contributed by atoms with Gasteiger partial charge in [0.25, 0.3) is 0 Å². The lowest BCUT2D eigenvalue weighted by Gasteiger charge is -2.22. The van der Waals surface area contributed by atoms with Gasteiger partial charge in [0.1, 0.15) is 0 Å². The van der Waals surface area contributed by atoms with Crippen molar-refractivity contribution >= 4 is 11.8 Å². The molecule has 0 amide bonds. The van der Waals surface area contributed by atoms with Crippen LogP contribution in [0.25, 0.3) is 0 Å².